The number of anilines is 1. The second-order valence-electron chi connectivity index (χ2n) is 4.83. The summed E-state index contributed by atoms with van der Waals surface area (Å²) in [7, 11) is 0. The van der Waals surface area contributed by atoms with E-state index in [1.165, 1.54) is 18.2 Å². The fourth-order valence-electron chi connectivity index (χ4n) is 1.95. The Labute approximate surface area is 136 Å². The van der Waals surface area contributed by atoms with Crippen LogP contribution in [-0.2, 0) is 16.0 Å². The number of nitrogens with one attached hydrogen (secondary N) is 1. The van der Waals surface area contributed by atoms with Crippen LogP contribution in [0.15, 0.2) is 48.5 Å². The molecule has 2 aromatic rings. The SMILES string of the molecule is O=C(O)Cc1ccc(NC(=O)COc2ccccc2[N+](=O)[O-])cc1. The highest BCUT2D eigenvalue weighted by Gasteiger charge is 2.15. The summed E-state index contributed by atoms with van der Waals surface area (Å²) in [5.41, 5.74) is 0.861. The van der Waals surface area contributed by atoms with E-state index >= 15 is 0 Å². The molecule has 0 aliphatic rings. The lowest BCUT2D eigenvalue weighted by molar-refractivity contribution is -0.385. The van der Waals surface area contributed by atoms with Crippen molar-refractivity contribution < 1.29 is 24.4 Å². The number of amides is 1. The Morgan fingerprint density at radius 3 is 2.42 bits per heavy atom. The van der Waals surface area contributed by atoms with Crippen molar-refractivity contribution in [1.29, 1.82) is 0 Å². The normalized spacial score (nSPS) is 10.0. The summed E-state index contributed by atoms with van der Waals surface area (Å²) in [4.78, 5) is 32.7. The summed E-state index contributed by atoms with van der Waals surface area (Å²) in [5.74, 6) is -1.42. The number of para-hydroxylation sites is 2. The molecule has 0 aliphatic carbocycles. The molecular formula is C16H14N2O6. The summed E-state index contributed by atoms with van der Waals surface area (Å²) in [6, 6.07) is 12.1. The van der Waals surface area contributed by atoms with Crippen molar-refractivity contribution in [3.63, 3.8) is 0 Å². The molecule has 0 unspecified atom stereocenters. The van der Waals surface area contributed by atoms with Crippen LogP contribution in [0.25, 0.3) is 0 Å². The number of carbonyl (C=O) groups is 2. The third kappa shape index (κ3) is 4.80. The Morgan fingerprint density at radius 1 is 1.12 bits per heavy atom. The number of aliphatic carboxylic acids is 1. The van der Waals surface area contributed by atoms with Crippen LogP contribution in [-0.4, -0.2) is 28.5 Å². The highest BCUT2D eigenvalue weighted by molar-refractivity contribution is 5.92. The largest absolute Gasteiger partial charge is 0.481 e. The summed E-state index contributed by atoms with van der Waals surface area (Å²) >= 11 is 0. The Hall–Kier alpha value is -3.42. The van der Waals surface area contributed by atoms with Crippen molar-refractivity contribution in [3.05, 3.63) is 64.2 Å². The van der Waals surface area contributed by atoms with Gasteiger partial charge in [-0.2, -0.15) is 0 Å². The number of nitrogens with zero attached hydrogens (tertiary/aromatic N) is 1. The van der Waals surface area contributed by atoms with Crippen LogP contribution in [0.1, 0.15) is 5.56 Å². The molecule has 0 heterocycles. The number of hydrogen-bond donors (Lipinski definition) is 2. The van der Waals surface area contributed by atoms with Crippen LogP contribution in [0.3, 0.4) is 0 Å². The predicted octanol–water partition coefficient (Wildman–Crippen LogP) is 2.24. The summed E-state index contributed by atoms with van der Waals surface area (Å²) in [6.07, 6.45) is -0.102. The standard InChI is InChI=1S/C16H14N2O6/c19-15(10-24-14-4-2-1-3-13(14)18(22)23)17-12-7-5-11(6-8-12)9-16(20)21/h1-8H,9-10H2,(H,17,19)(H,20,21). The van der Waals surface area contributed by atoms with E-state index in [0.29, 0.717) is 11.3 Å². The molecule has 2 rings (SSSR count). The van der Waals surface area contributed by atoms with Gasteiger partial charge >= 0.3 is 11.7 Å². The quantitative estimate of drug-likeness (QED) is 0.593. The van der Waals surface area contributed by atoms with E-state index in [9.17, 15) is 19.7 Å². The molecule has 8 heteroatoms. The molecule has 0 saturated heterocycles. The number of hydrogen-bond acceptors (Lipinski definition) is 5. The molecular weight excluding hydrogens is 316 g/mol. The van der Waals surface area contributed by atoms with Gasteiger partial charge in [0.05, 0.1) is 11.3 Å². The van der Waals surface area contributed by atoms with Gasteiger partial charge in [0, 0.05) is 11.8 Å². The number of nitro groups is 1. The minimum atomic E-state index is -0.940. The number of carbonyl (C=O) groups excluding carboxylic acids is 1. The molecule has 0 aliphatic heterocycles. The number of nitro benzene ring substituents is 1. The zero-order valence-corrected chi connectivity index (χ0v) is 12.5. The average molecular weight is 330 g/mol. The van der Waals surface area contributed by atoms with Crippen molar-refractivity contribution in [3.8, 4) is 5.75 Å². The maximum Gasteiger partial charge on any atom is 0.310 e. The minimum Gasteiger partial charge on any atom is -0.481 e. The lowest BCUT2D eigenvalue weighted by Crippen LogP contribution is -2.20. The van der Waals surface area contributed by atoms with Gasteiger partial charge in [-0.1, -0.05) is 24.3 Å². The third-order valence-corrected chi connectivity index (χ3v) is 3.01. The number of carboxylic acid groups (broad SMARTS) is 1. The van der Waals surface area contributed by atoms with E-state index in [-0.39, 0.29) is 24.5 Å². The fraction of sp³-hybridized carbons (Fsp3) is 0.125. The van der Waals surface area contributed by atoms with Crippen molar-refractivity contribution in [1.82, 2.24) is 0 Å². The number of carboxylic acids is 1. The smallest absolute Gasteiger partial charge is 0.310 e. The third-order valence-electron chi connectivity index (χ3n) is 3.01. The summed E-state index contributed by atoms with van der Waals surface area (Å²) in [5, 5.41) is 22.1. The zero-order valence-electron chi connectivity index (χ0n) is 12.5. The molecule has 0 radical (unpaired) electrons. The van der Waals surface area contributed by atoms with E-state index in [0.717, 1.165) is 0 Å². The lowest BCUT2D eigenvalue weighted by atomic mass is 10.1. The zero-order chi connectivity index (χ0) is 17.5. The number of rotatable bonds is 7. The molecule has 0 atom stereocenters. The highest BCUT2D eigenvalue weighted by atomic mass is 16.6. The monoisotopic (exact) mass is 330 g/mol. The fourth-order valence-corrected chi connectivity index (χ4v) is 1.95. The summed E-state index contributed by atoms with van der Waals surface area (Å²) < 4.78 is 5.18. The van der Waals surface area contributed by atoms with Gasteiger partial charge in [0.25, 0.3) is 5.91 Å². The summed E-state index contributed by atoms with van der Waals surface area (Å²) in [6.45, 7) is -0.387. The molecule has 124 valence electrons. The van der Waals surface area contributed by atoms with Crippen molar-refractivity contribution in [2.24, 2.45) is 0 Å². The first-order chi connectivity index (χ1) is 11.5. The van der Waals surface area contributed by atoms with Crippen LogP contribution in [0.4, 0.5) is 11.4 Å². The molecule has 0 fully saturated rings. The number of ether oxygens (including phenoxy) is 1. The van der Waals surface area contributed by atoms with Gasteiger partial charge in [0.2, 0.25) is 0 Å². The molecule has 2 N–H and O–H groups in total. The first-order valence-electron chi connectivity index (χ1n) is 6.92. The van der Waals surface area contributed by atoms with Crippen LogP contribution in [0.2, 0.25) is 0 Å². The van der Waals surface area contributed by atoms with Gasteiger partial charge in [-0.05, 0) is 23.8 Å². The van der Waals surface area contributed by atoms with Crippen LogP contribution in [0.5, 0.6) is 5.75 Å². The maximum atomic E-state index is 11.8. The average Bonchev–Trinajstić information content (AvgIpc) is 2.54. The van der Waals surface area contributed by atoms with Gasteiger partial charge < -0.3 is 15.2 Å². The van der Waals surface area contributed by atoms with E-state index < -0.39 is 16.8 Å². The molecule has 0 saturated carbocycles. The molecule has 2 aromatic carbocycles. The Balaban J connectivity index is 1.92. The minimum absolute atomic E-state index is 0.00876. The van der Waals surface area contributed by atoms with Crippen LogP contribution < -0.4 is 10.1 Å². The molecule has 24 heavy (non-hydrogen) atoms. The van der Waals surface area contributed by atoms with E-state index in [1.807, 2.05) is 0 Å². The van der Waals surface area contributed by atoms with Crippen molar-refractivity contribution >= 4 is 23.3 Å². The molecule has 0 aromatic heterocycles. The first kappa shape index (κ1) is 16.9. The topological polar surface area (TPSA) is 119 Å². The Kier molecular flexibility index (Phi) is 5.45. The Bertz CT molecular complexity index is 757. The lowest BCUT2D eigenvalue weighted by Gasteiger charge is -2.08. The van der Waals surface area contributed by atoms with E-state index in [1.54, 1.807) is 30.3 Å². The van der Waals surface area contributed by atoms with Crippen LogP contribution >= 0.6 is 0 Å². The molecule has 1 amide bonds. The van der Waals surface area contributed by atoms with Gasteiger partial charge in [-0.25, -0.2) is 0 Å². The van der Waals surface area contributed by atoms with Crippen molar-refractivity contribution in [2.75, 3.05) is 11.9 Å². The second-order valence-corrected chi connectivity index (χ2v) is 4.83. The van der Waals surface area contributed by atoms with E-state index in [2.05, 4.69) is 5.32 Å². The molecule has 8 nitrogen and oxygen atoms in total. The number of benzene rings is 2. The van der Waals surface area contributed by atoms with Gasteiger partial charge in [-0.15, -0.1) is 0 Å². The van der Waals surface area contributed by atoms with E-state index in [4.69, 9.17) is 9.84 Å². The van der Waals surface area contributed by atoms with Gasteiger partial charge in [-0.3, -0.25) is 19.7 Å². The highest BCUT2D eigenvalue weighted by Crippen LogP contribution is 2.25. The molecule has 0 spiro atoms. The van der Waals surface area contributed by atoms with Gasteiger partial charge in [0.1, 0.15) is 0 Å². The Morgan fingerprint density at radius 2 is 1.79 bits per heavy atom. The first-order valence-corrected chi connectivity index (χ1v) is 6.92. The van der Waals surface area contributed by atoms with Gasteiger partial charge in [0.15, 0.2) is 12.4 Å². The maximum absolute atomic E-state index is 11.8. The van der Waals surface area contributed by atoms with Crippen LogP contribution in [0, 0.1) is 10.1 Å². The van der Waals surface area contributed by atoms with Crippen molar-refractivity contribution in [2.45, 2.75) is 6.42 Å². The second kappa shape index (κ2) is 7.73. The predicted molar refractivity (Wildman–Crippen MR) is 85.0 cm³/mol. The molecule has 0 bridgehead atoms.